The van der Waals surface area contributed by atoms with Gasteiger partial charge in [-0.2, -0.15) is 0 Å². The van der Waals surface area contributed by atoms with Crippen LogP contribution in [0.2, 0.25) is 0 Å². The molecule has 1 fully saturated rings. The summed E-state index contributed by atoms with van der Waals surface area (Å²) < 4.78 is 5.56. The maximum Gasteiger partial charge on any atom is 0.299 e. The van der Waals surface area contributed by atoms with Gasteiger partial charge in [-0.3, -0.25) is 19.4 Å². The number of amidine groups is 1. The molecular formula is C21H26N8O4. The van der Waals surface area contributed by atoms with E-state index in [9.17, 15) is 9.59 Å². The highest BCUT2D eigenvalue weighted by Gasteiger charge is 2.30. The fraction of sp³-hybridized carbons (Fsp3) is 0.333. The Morgan fingerprint density at radius 1 is 1.24 bits per heavy atom. The highest BCUT2D eigenvalue weighted by molar-refractivity contribution is 6.05. The molecule has 33 heavy (non-hydrogen) atoms. The van der Waals surface area contributed by atoms with Crippen LogP contribution in [0.15, 0.2) is 34.3 Å². The molecule has 1 aliphatic rings. The number of para-hydroxylation sites is 1. The number of hydrogen-bond acceptors (Lipinski definition) is 8. The molecule has 2 aromatic rings. The summed E-state index contributed by atoms with van der Waals surface area (Å²) in [7, 11) is 5.88. The molecule has 12 nitrogen and oxygen atoms in total. The normalized spacial score (nSPS) is 13.6. The number of ether oxygens (including phenoxy) is 1. The van der Waals surface area contributed by atoms with Crippen LogP contribution < -0.4 is 21.1 Å². The third kappa shape index (κ3) is 5.60. The number of nitrogens with one attached hydrogen (secondary N) is 2. The molecule has 1 aromatic heterocycles. The number of hydrogen-bond donors (Lipinski definition) is 3. The Labute approximate surface area is 190 Å². The fourth-order valence-electron chi connectivity index (χ4n) is 2.90. The number of hydroxylamine groups is 2. The van der Waals surface area contributed by atoms with Crippen molar-refractivity contribution in [3.05, 3.63) is 35.5 Å². The summed E-state index contributed by atoms with van der Waals surface area (Å²) in [6, 6.07) is 6.75. The highest BCUT2D eigenvalue weighted by Crippen LogP contribution is 2.34. The zero-order valence-corrected chi connectivity index (χ0v) is 18.8. The van der Waals surface area contributed by atoms with Gasteiger partial charge in [0.05, 0.1) is 31.2 Å². The van der Waals surface area contributed by atoms with Crippen LogP contribution in [-0.2, 0) is 9.63 Å². The number of anilines is 3. The third-order valence-corrected chi connectivity index (χ3v) is 4.83. The lowest BCUT2D eigenvalue weighted by atomic mass is 10.1. The third-order valence-electron chi connectivity index (χ3n) is 4.83. The van der Waals surface area contributed by atoms with Gasteiger partial charge in [-0.25, -0.2) is 10.1 Å². The van der Waals surface area contributed by atoms with Crippen molar-refractivity contribution in [2.24, 2.45) is 21.6 Å². The van der Waals surface area contributed by atoms with E-state index in [1.807, 2.05) is 0 Å². The highest BCUT2D eigenvalue weighted by atomic mass is 16.7. The Balaban J connectivity index is 2.02. The monoisotopic (exact) mass is 454 g/mol. The number of nitrogens with two attached hydrogens (primary N) is 1. The minimum Gasteiger partial charge on any atom is -0.494 e. The van der Waals surface area contributed by atoms with E-state index in [1.165, 1.54) is 33.7 Å². The van der Waals surface area contributed by atoms with Crippen LogP contribution in [-0.4, -0.2) is 67.6 Å². The number of methoxy groups -OCH3 is 1. The van der Waals surface area contributed by atoms with Crippen molar-refractivity contribution in [2.75, 3.05) is 38.9 Å². The summed E-state index contributed by atoms with van der Waals surface area (Å²) in [5.41, 5.74) is 7.35. The molecule has 1 heterocycles. The second-order valence-electron chi connectivity index (χ2n) is 7.14. The summed E-state index contributed by atoms with van der Waals surface area (Å²) in [6.07, 6.45) is 3.01. The van der Waals surface area contributed by atoms with Gasteiger partial charge in [-0.15, -0.1) is 10.2 Å². The molecular weight excluding hydrogens is 428 g/mol. The first-order valence-corrected chi connectivity index (χ1v) is 10.1. The number of aromatic nitrogens is 2. The summed E-state index contributed by atoms with van der Waals surface area (Å²) in [5, 5.41) is 14.9. The second-order valence-corrected chi connectivity index (χ2v) is 7.14. The molecule has 1 saturated carbocycles. The van der Waals surface area contributed by atoms with E-state index < -0.39 is 5.91 Å². The number of aliphatic imine (C=N–C) groups is 2. The van der Waals surface area contributed by atoms with Crippen molar-refractivity contribution < 1.29 is 19.2 Å². The van der Waals surface area contributed by atoms with Gasteiger partial charge in [0.25, 0.3) is 5.91 Å². The number of nitrogens with zero attached hydrogens (tertiary/aromatic N) is 5. The molecule has 3 rings (SSSR count). The zero-order valence-electron chi connectivity index (χ0n) is 18.8. The van der Waals surface area contributed by atoms with Crippen molar-refractivity contribution in [2.45, 2.75) is 12.8 Å². The zero-order chi connectivity index (χ0) is 24.0. The maximum atomic E-state index is 12.8. The van der Waals surface area contributed by atoms with Crippen molar-refractivity contribution in [3.8, 4) is 5.75 Å². The number of benzene rings is 1. The van der Waals surface area contributed by atoms with E-state index in [2.05, 4.69) is 30.8 Å². The molecule has 0 spiro atoms. The quantitative estimate of drug-likeness (QED) is 0.293. The second kappa shape index (κ2) is 10.5. The van der Waals surface area contributed by atoms with E-state index >= 15 is 0 Å². The molecule has 1 aliphatic carbocycles. The lowest BCUT2D eigenvalue weighted by Gasteiger charge is -2.18. The van der Waals surface area contributed by atoms with Crippen LogP contribution in [0.1, 0.15) is 28.9 Å². The Morgan fingerprint density at radius 2 is 2.00 bits per heavy atom. The standard InChI is InChI=1S/C21H26N8O4/c1-23-11-24-19(22)13-6-5-7-14(18(13)32-3)25-15-10-16(26-20(30)12-8-9-12)27-28-17(15)21(31)29(2)33-4/h5-7,10-12H,8-9H2,1-4H3,(H2,22,23,24)(H2,25,26,27,30). The smallest absolute Gasteiger partial charge is 0.299 e. The van der Waals surface area contributed by atoms with Crippen molar-refractivity contribution >= 4 is 41.2 Å². The Kier molecular flexibility index (Phi) is 7.51. The number of carbonyl (C=O) groups excluding carboxylic acids is 2. The lowest BCUT2D eigenvalue weighted by molar-refractivity contribution is -0.117. The van der Waals surface area contributed by atoms with Gasteiger partial charge in [0.15, 0.2) is 17.3 Å². The van der Waals surface area contributed by atoms with Gasteiger partial charge in [-0.05, 0) is 25.0 Å². The van der Waals surface area contributed by atoms with Crippen molar-refractivity contribution in [1.29, 1.82) is 0 Å². The van der Waals surface area contributed by atoms with E-state index in [0.29, 0.717) is 17.0 Å². The molecule has 1 aromatic carbocycles. The minimum atomic E-state index is -0.539. The van der Waals surface area contributed by atoms with Crippen LogP contribution in [0.4, 0.5) is 17.2 Å². The first-order chi connectivity index (χ1) is 15.9. The Hall–Kier alpha value is -4.06. The Bertz CT molecular complexity index is 1100. The fourth-order valence-corrected chi connectivity index (χ4v) is 2.90. The predicted octanol–water partition coefficient (Wildman–Crippen LogP) is 1.57. The van der Waals surface area contributed by atoms with Gasteiger partial charge < -0.3 is 21.1 Å². The van der Waals surface area contributed by atoms with E-state index in [1.54, 1.807) is 25.2 Å². The molecule has 0 saturated heterocycles. The molecule has 174 valence electrons. The summed E-state index contributed by atoms with van der Waals surface area (Å²) in [4.78, 5) is 37.8. The van der Waals surface area contributed by atoms with Crippen LogP contribution in [0, 0.1) is 5.92 Å². The van der Waals surface area contributed by atoms with Gasteiger partial charge in [0, 0.05) is 26.1 Å². The van der Waals surface area contributed by atoms with Crippen LogP contribution in [0.5, 0.6) is 5.75 Å². The molecule has 2 amide bonds. The van der Waals surface area contributed by atoms with Gasteiger partial charge in [0.2, 0.25) is 5.91 Å². The largest absolute Gasteiger partial charge is 0.494 e. The molecule has 0 unspecified atom stereocenters. The number of carbonyl (C=O) groups is 2. The average molecular weight is 454 g/mol. The van der Waals surface area contributed by atoms with E-state index in [-0.39, 0.29) is 34.9 Å². The predicted molar refractivity (Wildman–Crippen MR) is 124 cm³/mol. The van der Waals surface area contributed by atoms with Gasteiger partial charge in [0.1, 0.15) is 12.2 Å². The maximum absolute atomic E-state index is 12.8. The molecule has 0 aliphatic heterocycles. The molecule has 0 radical (unpaired) electrons. The molecule has 0 atom stereocenters. The lowest BCUT2D eigenvalue weighted by Crippen LogP contribution is -2.27. The average Bonchev–Trinajstić information content (AvgIpc) is 3.67. The Morgan fingerprint density at radius 3 is 2.64 bits per heavy atom. The van der Waals surface area contributed by atoms with E-state index in [4.69, 9.17) is 15.3 Å². The summed E-state index contributed by atoms with van der Waals surface area (Å²) >= 11 is 0. The van der Waals surface area contributed by atoms with Crippen LogP contribution in [0.25, 0.3) is 0 Å². The topological polar surface area (TPSA) is 156 Å². The molecule has 4 N–H and O–H groups in total. The minimum absolute atomic E-state index is 0.0176. The van der Waals surface area contributed by atoms with Crippen molar-refractivity contribution in [3.63, 3.8) is 0 Å². The SMILES string of the molecule is CN=CN=C(N)c1cccc(Nc2cc(NC(=O)C3CC3)nnc2C(=O)N(C)OC)c1OC. The first-order valence-electron chi connectivity index (χ1n) is 10.1. The summed E-state index contributed by atoms with van der Waals surface area (Å²) in [5.74, 6) is 0.104. The number of rotatable bonds is 9. The summed E-state index contributed by atoms with van der Waals surface area (Å²) in [6.45, 7) is 0. The van der Waals surface area contributed by atoms with E-state index in [0.717, 1.165) is 17.9 Å². The van der Waals surface area contributed by atoms with Crippen molar-refractivity contribution in [1.82, 2.24) is 15.3 Å². The van der Waals surface area contributed by atoms with Gasteiger partial charge in [-0.1, -0.05) is 6.07 Å². The van der Waals surface area contributed by atoms with Crippen LogP contribution in [0.3, 0.4) is 0 Å². The van der Waals surface area contributed by atoms with Gasteiger partial charge >= 0.3 is 0 Å². The number of amides is 2. The molecule has 0 bridgehead atoms. The van der Waals surface area contributed by atoms with Crippen LogP contribution >= 0.6 is 0 Å². The first kappa shape index (κ1) is 23.6. The molecule has 12 heteroatoms.